The zero-order valence-electron chi connectivity index (χ0n) is 19.8. The number of likely N-dealkylation sites (N-methyl/N-ethyl adjacent to an activating group) is 1. The third-order valence-electron chi connectivity index (χ3n) is 7.76. The second-order valence-electron chi connectivity index (χ2n) is 10.3. The number of nitrogens with two attached hydrogens (primary N) is 1. The Morgan fingerprint density at radius 1 is 1.15 bits per heavy atom. The Kier molecular flexibility index (Phi) is 5.81. The lowest BCUT2D eigenvalue weighted by Crippen LogP contribution is -2.54. The first-order chi connectivity index (χ1) is 15.7. The van der Waals surface area contributed by atoms with Crippen molar-refractivity contribution in [2.45, 2.75) is 64.3 Å². The van der Waals surface area contributed by atoms with E-state index in [1.54, 1.807) is 6.20 Å². The van der Waals surface area contributed by atoms with Crippen LogP contribution in [0.3, 0.4) is 0 Å². The number of aromatic nitrogens is 3. The highest BCUT2D eigenvalue weighted by Crippen LogP contribution is 2.64. The van der Waals surface area contributed by atoms with Gasteiger partial charge >= 0.3 is 6.61 Å². The molecule has 2 aliphatic carbocycles. The van der Waals surface area contributed by atoms with E-state index in [0.29, 0.717) is 35.4 Å². The minimum atomic E-state index is -2.95. The van der Waals surface area contributed by atoms with E-state index in [4.69, 9.17) is 10.8 Å². The minimum absolute atomic E-state index is 0.0523. The standard InChI is InChI=1S/C24H34F2N6O/c1-13(2)32-20(10-19(29-32)15-7-21(33-24(25)26)23(27)28-11-15)22-17-8-16(9-18(17)22)31-6-5-30(4)12-14(31)3/h7,10-11,13-14,16-18,22,24H,5-6,8-9,12H2,1-4H3,(H2,27,28)/t14-,16-,17+,18-,22+/m0/s1. The number of rotatable bonds is 6. The summed E-state index contributed by atoms with van der Waals surface area (Å²) in [6.07, 6.45) is 4.07. The molecule has 2 aromatic heterocycles. The zero-order valence-corrected chi connectivity index (χ0v) is 19.8. The average molecular weight is 461 g/mol. The Labute approximate surface area is 193 Å². The highest BCUT2D eigenvalue weighted by Gasteiger charge is 2.59. The monoisotopic (exact) mass is 460 g/mol. The Bertz CT molecular complexity index is 999. The van der Waals surface area contributed by atoms with Crippen LogP contribution in [0.25, 0.3) is 11.3 Å². The van der Waals surface area contributed by atoms with Gasteiger partial charge in [-0.05, 0) is 64.6 Å². The molecule has 0 spiro atoms. The number of fused-ring (bicyclic) bond motifs is 1. The van der Waals surface area contributed by atoms with Crippen LogP contribution in [0, 0.1) is 11.8 Å². The molecule has 3 heterocycles. The van der Waals surface area contributed by atoms with E-state index in [1.165, 1.54) is 24.6 Å². The predicted octanol–water partition coefficient (Wildman–Crippen LogP) is 3.84. The molecule has 3 aliphatic rings. The number of nitrogens with zero attached hydrogens (tertiary/aromatic N) is 5. The summed E-state index contributed by atoms with van der Waals surface area (Å²) in [6, 6.07) is 5.12. The van der Waals surface area contributed by atoms with E-state index in [2.05, 4.69) is 58.1 Å². The highest BCUT2D eigenvalue weighted by atomic mass is 19.3. The van der Waals surface area contributed by atoms with Gasteiger partial charge in [0.25, 0.3) is 0 Å². The molecule has 2 saturated carbocycles. The van der Waals surface area contributed by atoms with Crippen LogP contribution in [0.15, 0.2) is 18.3 Å². The van der Waals surface area contributed by atoms with Gasteiger partial charge in [-0.25, -0.2) is 4.98 Å². The Balaban J connectivity index is 1.34. The summed E-state index contributed by atoms with van der Waals surface area (Å²) in [5.41, 5.74) is 8.31. The van der Waals surface area contributed by atoms with E-state index >= 15 is 0 Å². The largest absolute Gasteiger partial charge is 0.431 e. The van der Waals surface area contributed by atoms with Gasteiger partial charge in [-0.3, -0.25) is 9.58 Å². The fourth-order valence-corrected chi connectivity index (χ4v) is 6.22. The molecule has 0 amide bonds. The molecule has 5 atom stereocenters. The summed E-state index contributed by atoms with van der Waals surface area (Å²) in [5.74, 6) is 1.75. The molecule has 3 fully saturated rings. The molecule has 0 unspecified atom stereocenters. The highest BCUT2D eigenvalue weighted by molar-refractivity contribution is 5.64. The van der Waals surface area contributed by atoms with Crippen LogP contribution in [-0.2, 0) is 0 Å². The lowest BCUT2D eigenvalue weighted by Gasteiger charge is -2.42. The van der Waals surface area contributed by atoms with E-state index in [1.807, 2.05) is 0 Å². The lowest BCUT2D eigenvalue weighted by molar-refractivity contribution is -0.0494. The topological polar surface area (TPSA) is 72.4 Å². The van der Waals surface area contributed by atoms with Crippen molar-refractivity contribution in [2.24, 2.45) is 11.8 Å². The van der Waals surface area contributed by atoms with Gasteiger partial charge < -0.3 is 15.4 Å². The van der Waals surface area contributed by atoms with Gasteiger partial charge in [0.2, 0.25) is 0 Å². The van der Waals surface area contributed by atoms with Crippen LogP contribution in [-0.4, -0.2) is 69.9 Å². The number of halogens is 2. The number of alkyl halides is 2. The molecule has 2 N–H and O–H groups in total. The number of hydrogen-bond acceptors (Lipinski definition) is 6. The summed E-state index contributed by atoms with van der Waals surface area (Å²) < 4.78 is 32.1. The van der Waals surface area contributed by atoms with Gasteiger partial charge in [-0.1, -0.05) is 0 Å². The number of hydrogen-bond donors (Lipinski definition) is 1. The van der Waals surface area contributed by atoms with Gasteiger partial charge in [0.15, 0.2) is 11.6 Å². The third kappa shape index (κ3) is 4.21. The van der Waals surface area contributed by atoms with Crippen molar-refractivity contribution >= 4 is 5.82 Å². The van der Waals surface area contributed by atoms with Crippen LogP contribution in [0.1, 0.15) is 51.3 Å². The van der Waals surface area contributed by atoms with Gasteiger partial charge in [0.05, 0.1) is 5.69 Å². The minimum Gasteiger partial charge on any atom is -0.431 e. The molecule has 0 bridgehead atoms. The van der Waals surface area contributed by atoms with E-state index in [0.717, 1.165) is 25.3 Å². The lowest BCUT2D eigenvalue weighted by atomic mass is 10.00. The van der Waals surface area contributed by atoms with Crippen LogP contribution >= 0.6 is 0 Å². The van der Waals surface area contributed by atoms with Crippen molar-refractivity contribution in [1.82, 2.24) is 24.6 Å². The molecule has 33 heavy (non-hydrogen) atoms. The Morgan fingerprint density at radius 3 is 2.52 bits per heavy atom. The van der Waals surface area contributed by atoms with Crippen molar-refractivity contribution < 1.29 is 13.5 Å². The first-order valence-corrected chi connectivity index (χ1v) is 12.0. The van der Waals surface area contributed by atoms with Gasteiger partial charge in [0.1, 0.15) is 0 Å². The molecule has 5 rings (SSSR count). The van der Waals surface area contributed by atoms with E-state index in [-0.39, 0.29) is 17.6 Å². The zero-order chi connectivity index (χ0) is 23.4. The molecular weight excluding hydrogens is 426 g/mol. The van der Waals surface area contributed by atoms with Crippen LogP contribution < -0.4 is 10.5 Å². The Hall–Kier alpha value is -2.26. The molecular formula is C24H34F2N6O. The van der Waals surface area contributed by atoms with Crippen LogP contribution in [0.5, 0.6) is 5.75 Å². The summed E-state index contributed by atoms with van der Waals surface area (Å²) in [4.78, 5) is 9.19. The molecule has 9 heteroatoms. The molecule has 1 saturated heterocycles. The molecule has 0 radical (unpaired) electrons. The Morgan fingerprint density at radius 2 is 1.88 bits per heavy atom. The fourth-order valence-electron chi connectivity index (χ4n) is 6.22. The molecule has 0 aromatic carbocycles. The second kappa shape index (κ2) is 8.51. The number of ether oxygens (including phenoxy) is 1. The van der Waals surface area contributed by atoms with Crippen molar-refractivity contribution in [3.05, 3.63) is 24.0 Å². The second-order valence-corrected chi connectivity index (χ2v) is 10.3. The molecule has 180 valence electrons. The van der Waals surface area contributed by atoms with Gasteiger partial charge in [0, 0.05) is 61.1 Å². The first kappa shape index (κ1) is 22.5. The van der Waals surface area contributed by atoms with Gasteiger partial charge in [-0.2, -0.15) is 13.9 Å². The summed E-state index contributed by atoms with van der Waals surface area (Å²) in [7, 11) is 2.21. The quantitative estimate of drug-likeness (QED) is 0.706. The maximum absolute atomic E-state index is 12.7. The van der Waals surface area contributed by atoms with Crippen molar-refractivity contribution in [3.8, 4) is 17.0 Å². The average Bonchev–Trinajstić information content (AvgIpc) is 3.09. The SMILES string of the molecule is CC(C)n1nc(-c2cnc(N)c(OC(F)F)c2)cc1[C@@H]1[C@@H]2C[C@H](N3CCN(C)C[C@@H]3C)C[C@@H]21. The van der Waals surface area contributed by atoms with Crippen molar-refractivity contribution in [2.75, 3.05) is 32.4 Å². The van der Waals surface area contributed by atoms with E-state index in [9.17, 15) is 8.78 Å². The first-order valence-electron chi connectivity index (χ1n) is 12.0. The van der Waals surface area contributed by atoms with Gasteiger partial charge in [-0.15, -0.1) is 0 Å². The summed E-state index contributed by atoms with van der Waals surface area (Å²) in [5, 5.41) is 4.82. The number of nitrogen functional groups attached to an aromatic ring is 1. The molecule has 1 aliphatic heterocycles. The maximum Gasteiger partial charge on any atom is 0.387 e. The fraction of sp³-hybridized carbons (Fsp3) is 0.667. The van der Waals surface area contributed by atoms with Crippen molar-refractivity contribution in [3.63, 3.8) is 0 Å². The maximum atomic E-state index is 12.7. The smallest absolute Gasteiger partial charge is 0.387 e. The van der Waals surface area contributed by atoms with Crippen LogP contribution in [0.4, 0.5) is 14.6 Å². The van der Waals surface area contributed by atoms with Crippen molar-refractivity contribution in [1.29, 1.82) is 0 Å². The third-order valence-corrected chi connectivity index (χ3v) is 7.76. The number of piperazine rings is 1. The number of pyridine rings is 1. The normalized spacial score (nSPS) is 30.2. The molecule has 7 nitrogen and oxygen atoms in total. The molecule has 2 aromatic rings. The van der Waals surface area contributed by atoms with E-state index < -0.39 is 6.61 Å². The summed E-state index contributed by atoms with van der Waals surface area (Å²) >= 11 is 0. The summed E-state index contributed by atoms with van der Waals surface area (Å²) in [6.45, 7) is 7.11. The van der Waals surface area contributed by atoms with Crippen LogP contribution in [0.2, 0.25) is 0 Å². The number of anilines is 1. The predicted molar refractivity (Wildman–Crippen MR) is 123 cm³/mol.